The van der Waals surface area contributed by atoms with E-state index >= 15 is 0 Å². The van der Waals surface area contributed by atoms with Crippen LogP contribution in [0.15, 0.2) is 18.2 Å². The molecule has 3 rings (SSSR count). The maximum atomic E-state index is 4.51. The van der Waals surface area contributed by atoms with E-state index in [1.165, 1.54) is 48.9 Å². The summed E-state index contributed by atoms with van der Waals surface area (Å²) < 4.78 is 1.33. The standard InChI is InChI=1S/C15H20N2S/c1-11-17-14-8-6-12(10-15(14)18-11)5-7-13-4-2-3-9-16-13/h6,8,10,13,16H,2-5,7,9H2,1H3. The second kappa shape index (κ2) is 5.37. The Kier molecular flexibility index (Phi) is 3.62. The summed E-state index contributed by atoms with van der Waals surface area (Å²) in [5.41, 5.74) is 2.61. The molecule has 1 aliphatic heterocycles. The quantitative estimate of drug-likeness (QED) is 0.910. The molecule has 2 aromatic rings. The molecule has 1 saturated heterocycles. The third kappa shape index (κ3) is 2.73. The van der Waals surface area contributed by atoms with Crippen LogP contribution in [-0.4, -0.2) is 17.6 Å². The van der Waals surface area contributed by atoms with Crippen LogP contribution in [0.25, 0.3) is 10.2 Å². The number of aryl methyl sites for hydroxylation is 2. The maximum absolute atomic E-state index is 4.51. The highest BCUT2D eigenvalue weighted by molar-refractivity contribution is 7.18. The van der Waals surface area contributed by atoms with Crippen LogP contribution >= 0.6 is 11.3 Å². The fourth-order valence-corrected chi connectivity index (χ4v) is 3.64. The zero-order valence-electron chi connectivity index (χ0n) is 10.9. The number of hydrogen-bond acceptors (Lipinski definition) is 3. The van der Waals surface area contributed by atoms with Gasteiger partial charge in [0.05, 0.1) is 15.2 Å². The van der Waals surface area contributed by atoms with Crippen molar-refractivity contribution in [3.63, 3.8) is 0 Å². The zero-order valence-corrected chi connectivity index (χ0v) is 11.7. The number of piperidine rings is 1. The molecule has 0 bridgehead atoms. The second-order valence-corrected chi connectivity index (χ2v) is 6.46. The molecule has 0 saturated carbocycles. The summed E-state index contributed by atoms with van der Waals surface area (Å²) in [5.74, 6) is 0. The summed E-state index contributed by atoms with van der Waals surface area (Å²) in [6, 6.07) is 7.47. The molecule has 2 heterocycles. The van der Waals surface area contributed by atoms with Gasteiger partial charge in [-0.1, -0.05) is 12.5 Å². The fraction of sp³-hybridized carbons (Fsp3) is 0.533. The van der Waals surface area contributed by atoms with Crippen molar-refractivity contribution in [1.29, 1.82) is 0 Å². The van der Waals surface area contributed by atoms with E-state index < -0.39 is 0 Å². The minimum atomic E-state index is 0.734. The van der Waals surface area contributed by atoms with Gasteiger partial charge in [0.2, 0.25) is 0 Å². The van der Waals surface area contributed by atoms with E-state index in [9.17, 15) is 0 Å². The molecular weight excluding hydrogens is 240 g/mol. The molecule has 1 unspecified atom stereocenters. The van der Waals surface area contributed by atoms with Crippen molar-refractivity contribution >= 4 is 21.6 Å². The number of thiazole rings is 1. The Morgan fingerprint density at radius 3 is 3.17 bits per heavy atom. The van der Waals surface area contributed by atoms with Crippen LogP contribution in [0.2, 0.25) is 0 Å². The predicted octanol–water partition coefficient (Wildman–Crippen LogP) is 3.68. The Labute approximate surface area is 112 Å². The van der Waals surface area contributed by atoms with E-state index in [1.807, 2.05) is 0 Å². The summed E-state index contributed by atoms with van der Waals surface area (Å²) in [6.07, 6.45) is 6.54. The molecule has 0 amide bonds. The van der Waals surface area contributed by atoms with Gasteiger partial charge < -0.3 is 5.32 Å². The molecule has 1 aromatic carbocycles. The fourth-order valence-electron chi connectivity index (χ4n) is 2.75. The molecule has 0 aliphatic carbocycles. The molecule has 0 spiro atoms. The second-order valence-electron chi connectivity index (χ2n) is 5.22. The van der Waals surface area contributed by atoms with E-state index in [1.54, 1.807) is 11.3 Å². The first-order chi connectivity index (χ1) is 8.81. The normalized spacial score (nSPS) is 20.4. The minimum absolute atomic E-state index is 0.734. The van der Waals surface area contributed by atoms with Crippen molar-refractivity contribution in [2.24, 2.45) is 0 Å². The maximum Gasteiger partial charge on any atom is 0.0907 e. The summed E-state index contributed by atoms with van der Waals surface area (Å²) in [5, 5.41) is 4.78. The Balaban J connectivity index is 1.66. The Morgan fingerprint density at radius 1 is 1.39 bits per heavy atom. The molecule has 1 N–H and O–H groups in total. The van der Waals surface area contributed by atoms with Crippen LogP contribution in [0.4, 0.5) is 0 Å². The molecule has 1 aromatic heterocycles. The lowest BCUT2D eigenvalue weighted by Gasteiger charge is -2.23. The lowest BCUT2D eigenvalue weighted by Crippen LogP contribution is -2.34. The average molecular weight is 260 g/mol. The molecule has 1 aliphatic rings. The van der Waals surface area contributed by atoms with Gasteiger partial charge in [-0.3, -0.25) is 0 Å². The van der Waals surface area contributed by atoms with Gasteiger partial charge in [0.15, 0.2) is 0 Å². The first-order valence-corrected chi connectivity index (χ1v) is 7.72. The van der Waals surface area contributed by atoms with Gasteiger partial charge in [0.1, 0.15) is 0 Å². The van der Waals surface area contributed by atoms with Crippen LogP contribution in [0.1, 0.15) is 36.3 Å². The molecule has 0 radical (unpaired) electrons. The Bertz CT molecular complexity index is 526. The smallest absolute Gasteiger partial charge is 0.0907 e. The van der Waals surface area contributed by atoms with Gasteiger partial charge in [-0.2, -0.15) is 0 Å². The molecule has 96 valence electrons. The summed E-state index contributed by atoms with van der Waals surface area (Å²) in [6.45, 7) is 3.29. The van der Waals surface area contributed by atoms with Gasteiger partial charge in [-0.05, 0) is 56.8 Å². The van der Waals surface area contributed by atoms with Crippen LogP contribution in [-0.2, 0) is 6.42 Å². The van der Waals surface area contributed by atoms with Crippen LogP contribution in [0.5, 0.6) is 0 Å². The van der Waals surface area contributed by atoms with Crippen LogP contribution < -0.4 is 5.32 Å². The predicted molar refractivity (Wildman–Crippen MR) is 78.3 cm³/mol. The number of benzene rings is 1. The van der Waals surface area contributed by atoms with Crippen molar-refractivity contribution in [3.05, 3.63) is 28.8 Å². The van der Waals surface area contributed by atoms with Crippen molar-refractivity contribution in [3.8, 4) is 0 Å². The zero-order chi connectivity index (χ0) is 12.4. The first-order valence-electron chi connectivity index (χ1n) is 6.91. The third-order valence-corrected chi connectivity index (χ3v) is 4.69. The van der Waals surface area contributed by atoms with Gasteiger partial charge in [0, 0.05) is 6.04 Å². The lowest BCUT2D eigenvalue weighted by molar-refractivity contribution is 0.383. The van der Waals surface area contributed by atoms with Crippen molar-refractivity contribution in [1.82, 2.24) is 10.3 Å². The van der Waals surface area contributed by atoms with Crippen molar-refractivity contribution in [2.75, 3.05) is 6.54 Å². The van der Waals surface area contributed by atoms with Gasteiger partial charge in [0.25, 0.3) is 0 Å². The monoisotopic (exact) mass is 260 g/mol. The average Bonchev–Trinajstić information content (AvgIpc) is 2.77. The number of fused-ring (bicyclic) bond motifs is 1. The summed E-state index contributed by atoms with van der Waals surface area (Å²) in [7, 11) is 0. The number of nitrogens with zero attached hydrogens (tertiary/aromatic N) is 1. The number of hydrogen-bond donors (Lipinski definition) is 1. The molecule has 1 atom stereocenters. The minimum Gasteiger partial charge on any atom is -0.314 e. The highest BCUT2D eigenvalue weighted by atomic mass is 32.1. The van der Waals surface area contributed by atoms with Crippen LogP contribution in [0, 0.1) is 6.92 Å². The van der Waals surface area contributed by atoms with Gasteiger partial charge >= 0.3 is 0 Å². The van der Waals surface area contributed by atoms with E-state index in [-0.39, 0.29) is 0 Å². The number of aromatic nitrogens is 1. The molecular formula is C15H20N2S. The highest BCUT2D eigenvalue weighted by Crippen LogP contribution is 2.23. The van der Waals surface area contributed by atoms with Crippen LogP contribution in [0.3, 0.4) is 0 Å². The van der Waals surface area contributed by atoms with E-state index in [4.69, 9.17) is 0 Å². The SMILES string of the molecule is Cc1nc2ccc(CCC3CCCCN3)cc2s1. The molecule has 1 fully saturated rings. The van der Waals surface area contributed by atoms with E-state index in [2.05, 4.69) is 35.4 Å². The van der Waals surface area contributed by atoms with Crippen molar-refractivity contribution < 1.29 is 0 Å². The molecule has 18 heavy (non-hydrogen) atoms. The topological polar surface area (TPSA) is 24.9 Å². The number of nitrogens with one attached hydrogen (secondary N) is 1. The highest BCUT2D eigenvalue weighted by Gasteiger charge is 2.12. The largest absolute Gasteiger partial charge is 0.314 e. The first kappa shape index (κ1) is 12.1. The van der Waals surface area contributed by atoms with Gasteiger partial charge in [-0.25, -0.2) is 4.98 Å². The molecule has 2 nitrogen and oxygen atoms in total. The Hall–Kier alpha value is -0.930. The lowest BCUT2D eigenvalue weighted by atomic mass is 9.98. The van der Waals surface area contributed by atoms with Crippen molar-refractivity contribution in [2.45, 2.75) is 45.1 Å². The number of rotatable bonds is 3. The Morgan fingerprint density at radius 2 is 2.33 bits per heavy atom. The van der Waals surface area contributed by atoms with E-state index in [0.717, 1.165) is 16.6 Å². The summed E-state index contributed by atoms with van der Waals surface area (Å²) in [4.78, 5) is 4.51. The third-order valence-electron chi connectivity index (χ3n) is 3.75. The summed E-state index contributed by atoms with van der Waals surface area (Å²) >= 11 is 1.80. The molecule has 3 heteroatoms. The van der Waals surface area contributed by atoms with Gasteiger partial charge in [-0.15, -0.1) is 11.3 Å². The van der Waals surface area contributed by atoms with E-state index in [0.29, 0.717) is 0 Å².